The summed E-state index contributed by atoms with van der Waals surface area (Å²) in [5.41, 5.74) is 12.4. The van der Waals surface area contributed by atoms with Gasteiger partial charge in [-0.1, -0.05) is 35.9 Å². The lowest BCUT2D eigenvalue weighted by Gasteiger charge is -2.11. The normalized spacial score (nSPS) is 10.3. The van der Waals surface area contributed by atoms with Crippen molar-refractivity contribution >= 4 is 29.3 Å². The molecule has 35 heavy (non-hydrogen) atoms. The third-order valence-electron chi connectivity index (χ3n) is 4.99. The van der Waals surface area contributed by atoms with Crippen LogP contribution in [0, 0.1) is 6.92 Å². The minimum absolute atomic E-state index is 0.130. The lowest BCUT2D eigenvalue weighted by molar-refractivity contribution is -0.122. The van der Waals surface area contributed by atoms with E-state index in [2.05, 4.69) is 10.9 Å². The van der Waals surface area contributed by atoms with E-state index < -0.39 is 11.8 Å². The van der Waals surface area contributed by atoms with Gasteiger partial charge >= 0.3 is 0 Å². The number of carbonyl (C=O) groups excluding carboxylic acids is 3. The van der Waals surface area contributed by atoms with E-state index in [9.17, 15) is 14.4 Å². The van der Waals surface area contributed by atoms with Crippen molar-refractivity contribution in [1.29, 1.82) is 0 Å². The summed E-state index contributed by atoms with van der Waals surface area (Å²) < 4.78 is 11.4. The fraction of sp³-hybridized carbons (Fsp3) is 0.192. The number of primary amides is 1. The zero-order chi connectivity index (χ0) is 25.2. The highest BCUT2D eigenvalue weighted by molar-refractivity contribution is 6.30. The highest BCUT2D eigenvalue weighted by atomic mass is 35.5. The number of hydrogen-bond donors (Lipinski definition) is 3. The van der Waals surface area contributed by atoms with Crippen LogP contribution in [0.4, 0.5) is 0 Å². The molecule has 0 spiro atoms. The molecule has 0 radical (unpaired) electrons. The fourth-order valence-corrected chi connectivity index (χ4v) is 3.44. The number of carbonyl (C=O) groups is 3. The SMILES string of the molecule is Cc1cc(Cl)ccc1OCCCC(=O)NNC(=O)c1cccc(COc2ccccc2C(N)=O)c1. The number of nitrogens with one attached hydrogen (secondary N) is 2. The molecule has 0 aliphatic rings. The number of para-hydroxylation sites is 1. The first kappa shape index (κ1) is 25.6. The maximum absolute atomic E-state index is 12.4. The summed E-state index contributed by atoms with van der Waals surface area (Å²) >= 11 is 5.93. The van der Waals surface area contributed by atoms with E-state index in [1.165, 1.54) is 0 Å². The first-order chi connectivity index (χ1) is 16.8. The van der Waals surface area contributed by atoms with Gasteiger partial charge in [0.1, 0.15) is 18.1 Å². The van der Waals surface area contributed by atoms with Gasteiger partial charge in [-0.3, -0.25) is 25.2 Å². The Morgan fingerprint density at radius 3 is 2.49 bits per heavy atom. The van der Waals surface area contributed by atoms with Gasteiger partial charge < -0.3 is 15.2 Å². The molecular formula is C26H26ClN3O5. The molecule has 182 valence electrons. The van der Waals surface area contributed by atoms with Gasteiger partial charge in [0.2, 0.25) is 5.91 Å². The molecule has 0 fully saturated rings. The van der Waals surface area contributed by atoms with Crippen molar-refractivity contribution < 1.29 is 23.9 Å². The van der Waals surface area contributed by atoms with Gasteiger partial charge in [-0.25, -0.2) is 0 Å². The van der Waals surface area contributed by atoms with E-state index in [0.717, 1.165) is 5.56 Å². The Labute approximate surface area is 208 Å². The van der Waals surface area contributed by atoms with Crippen LogP contribution in [0.1, 0.15) is 44.7 Å². The summed E-state index contributed by atoms with van der Waals surface area (Å²) in [6.07, 6.45) is 0.656. The van der Waals surface area contributed by atoms with Crippen molar-refractivity contribution in [3.05, 3.63) is 94.0 Å². The highest BCUT2D eigenvalue weighted by Gasteiger charge is 2.11. The Kier molecular flexibility index (Phi) is 9.09. The number of halogens is 1. The minimum atomic E-state index is -0.587. The van der Waals surface area contributed by atoms with Crippen LogP contribution in [0.25, 0.3) is 0 Å². The van der Waals surface area contributed by atoms with Gasteiger partial charge in [-0.05, 0) is 66.9 Å². The molecule has 0 bridgehead atoms. The Morgan fingerprint density at radius 2 is 1.71 bits per heavy atom. The van der Waals surface area contributed by atoms with Gasteiger partial charge in [0.05, 0.1) is 12.2 Å². The standard InChI is InChI=1S/C26H26ClN3O5/c1-17-14-20(27)11-12-22(17)34-13-5-10-24(31)29-30-26(33)19-7-4-6-18(15-19)16-35-23-9-3-2-8-21(23)25(28)32/h2-4,6-9,11-12,14-15H,5,10,13,16H2,1H3,(H2,28,32)(H,29,31)(H,30,33). The van der Waals surface area contributed by atoms with Crippen LogP contribution < -0.4 is 26.1 Å². The van der Waals surface area contributed by atoms with Crippen molar-refractivity contribution in [2.24, 2.45) is 5.73 Å². The number of rotatable bonds is 10. The van der Waals surface area contributed by atoms with Crippen LogP contribution in [0.15, 0.2) is 66.7 Å². The Hall–Kier alpha value is -4.04. The van der Waals surface area contributed by atoms with Crippen molar-refractivity contribution in [3.63, 3.8) is 0 Å². The molecule has 0 saturated heterocycles. The summed E-state index contributed by atoms with van der Waals surface area (Å²) in [5.74, 6) is -0.318. The zero-order valence-corrected chi connectivity index (χ0v) is 19.9. The van der Waals surface area contributed by atoms with Crippen molar-refractivity contribution in [3.8, 4) is 11.5 Å². The average molecular weight is 496 g/mol. The molecule has 3 aromatic rings. The van der Waals surface area contributed by atoms with Gasteiger partial charge in [0.25, 0.3) is 11.8 Å². The second kappa shape index (κ2) is 12.4. The monoisotopic (exact) mass is 495 g/mol. The average Bonchev–Trinajstić information content (AvgIpc) is 2.85. The van der Waals surface area contributed by atoms with Gasteiger partial charge in [-0.15, -0.1) is 0 Å². The smallest absolute Gasteiger partial charge is 0.269 e. The minimum Gasteiger partial charge on any atom is -0.493 e. The van der Waals surface area contributed by atoms with E-state index in [1.54, 1.807) is 66.7 Å². The van der Waals surface area contributed by atoms with E-state index in [-0.39, 0.29) is 24.5 Å². The van der Waals surface area contributed by atoms with E-state index in [0.29, 0.717) is 40.7 Å². The summed E-state index contributed by atoms with van der Waals surface area (Å²) in [6.45, 7) is 2.38. The summed E-state index contributed by atoms with van der Waals surface area (Å²) in [6, 6.07) is 18.7. The number of ether oxygens (including phenoxy) is 2. The summed E-state index contributed by atoms with van der Waals surface area (Å²) in [5, 5.41) is 0.636. The van der Waals surface area contributed by atoms with Crippen LogP contribution in [0.2, 0.25) is 5.02 Å². The molecule has 3 amide bonds. The van der Waals surface area contributed by atoms with E-state index in [1.807, 2.05) is 6.92 Å². The second-order valence-corrected chi connectivity index (χ2v) is 8.15. The van der Waals surface area contributed by atoms with Gasteiger partial charge in [0.15, 0.2) is 0 Å². The molecule has 9 heteroatoms. The predicted molar refractivity (Wildman–Crippen MR) is 132 cm³/mol. The molecular weight excluding hydrogens is 470 g/mol. The molecule has 3 rings (SSSR count). The summed E-state index contributed by atoms with van der Waals surface area (Å²) in [4.78, 5) is 36.0. The third-order valence-corrected chi connectivity index (χ3v) is 5.23. The van der Waals surface area contributed by atoms with Crippen molar-refractivity contribution in [1.82, 2.24) is 10.9 Å². The third kappa shape index (κ3) is 7.75. The molecule has 4 N–H and O–H groups in total. The predicted octanol–water partition coefficient (Wildman–Crippen LogP) is 3.95. The van der Waals surface area contributed by atoms with Crippen LogP contribution in [-0.4, -0.2) is 24.3 Å². The number of hydrazine groups is 1. The molecule has 0 saturated carbocycles. The second-order valence-electron chi connectivity index (χ2n) is 7.71. The largest absolute Gasteiger partial charge is 0.493 e. The fourth-order valence-electron chi connectivity index (χ4n) is 3.21. The molecule has 0 heterocycles. The molecule has 0 atom stereocenters. The van der Waals surface area contributed by atoms with Crippen LogP contribution in [-0.2, 0) is 11.4 Å². The number of benzene rings is 3. The van der Waals surface area contributed by atoms with Crippen LogP contribution >= 0.6 is 11.6 Å². The highest BCUT2D eigenvalue weighted by Crippen LogP contribution is 2.22. The maximum atomic E-state index is 12.4. The first-order valence-corrected chi connectivity index (χ1v) is 11.3. The van der Waals surface area contributed by atoms with Gasteiger partial charge in [-0.2, -0.15) is 0 Å². The topological polar surface area (TPSA) is 120 Å². The molecule has 0 aliphatic carbocycles. The molecule has 8 nitrogen and oxygen atoms in total. The van der Waals surface area contributed by atoms with Crippen molar-refractivity contribution in [2.45, 2.75) is 26.4 Å². The lowest BCUT2D eigenvalue weighted by atomic mass is 10.1. The van der Waals surface area contributed by atoms with E-state index in [4.69, 9.17) is 26.8 Å². The Bertz CT molecular complexity index is 1220. The van der Waals surface area contributed by atoms with Crippen molar-refractivity contribution in [2.75, 3.05) is 6.61 Å². The molecule has 0 unspecified atom stereocenters. The molecule has 3 aromatic carbocycles. The number of hydrogen-bond acceptors (Lipinski definition) is 5. The first-order valence-electron chi connectivity index (χ1n) is 10.9. The quantitative estimate of drug-likeness (QED) is 0.290. The van der Waals surface area contributed by atoms with Crippen LogP contribution in [0.5, 0.6) is 11.5 Å². The van der Waals surface area contributed by atoms with Gasteiger partial charge in [0, 0.05) is 17.0 Å². The Balaban J connectivity index is 1.43. The summed E-state index contributed by atoms with van der Waals surface area (Å²) in [7, 11) is 0. The Morgan fingerprint density at radius 1 is 0.914 bits per heavy atom. The molecule has 0 aromatic heterocycles. The lowest BCUT2D eigenvalue weighted by Crippen LogP contribution is -2.41. The van der Waals surface area contributed by atoms with E-state index >= 15 is 0 Å². The number of amides is 3. The zero-order valence-electron chi connectivity index (χ0n) is 19.2. The molecule has 0 aliphatic heterocycles. The van der Waals surface area contributed by atoms with Crippen LogP contribution in [0.3, 0.4) is 0 Å². The number of aryl methyl sites for hydroxylation is 1. The maximum Gasteiger partial charge on any atom is 0.269 e. The number of nitrogens with two attached hydrogens (primary N) is 1.